The van der Waals surface area contributed by atoms with E-state index in [1.54, 1.807) is 12.1 Å². The molecule has 3 aromatic rings. The quantitative estimate of drug-likeness (QED) is 0.149. The fourth-order valence-corrected chi connectivity index (χ4v) is 5.99. The van der Waals surface area contributed by atoms with Crippen LogP contribution in [0.1, 0.15) is 85.4 Å². The molecular formula is C34H34N4O8. The van der Waals surface area contributed by atoms with Crippen molar-refractivity contribution in [2.45, 2.75) is 65.7 Å². The molecule has 0 saturated carbocycles. The van der Waals surface area contributed by atoms with Gasteiger partial charge in [0.25, 0.3) is 0 Å². The minimum absolute atomic E-state index is 0.0276. The fourth-order valence-electron chi connectivity index (χ4n) is 5.99. The lowest BCUT2D eigenvalue weighted by Crippen LogP contribution is -2.04. The van der Waals surface area contributed by atoms with E-state index >= 15 is 0 Å². The number of aromatic nitrogens is 4. The van der Waals surface area contributed by atoms with Crippen LogP contribution in [0.3, 0.4) is 0 Å². The van der Waals surface area contributed by atoms with Gasteiger partial charge >= 0.3 is 23.9 Å². The van der Waals surface area contributed by atoms with Crippen LogP contribution in [-0.2, 0) is 32.0 Å². The molecule has 12 nitrogen and oxygen atoms in total. The van der Waals surface area contributed by atoms with E-state index in [9.17, 15) is 39.6 Å². The number of carboxylic acid groups (broad SMARTS) is 4. The smallest absolute Gasteiger partial charge is 0.307 e. The predicted molar refractivity (Wildman–Crippen MR) is 172 cm³/mol. The number of carbonyl (C=O) groups is 4. The summed E-state index contributed by atoms with van der Waals surface area (Å²) in [4.78, 5) is 63.2. The lowest BCUT2D eigenvalue weighted by molar-refractivity contribution is -0.137. The first kappa shape index (κ1) is 31.9. The van der Waals surface area contributed by atoms with Gasteiger partial charge in [0.05, 0.1) is 29.2 Å². The van der Waals surface area contributed by atoms with Crippen LogP contribution < -0.4 is 0 Å². The van der Waals surface area contributed by atoms with Gasteiger partial charge in [0.2, 0.25) is 0 Å². The van der Waals surface area contributed by atoms with E-state index in [1.165, 1.54) is 0 Å². The van der Waals surface area contributed by atoms with Crippen molar-refractivity contribution in [2.24, 2.45) is 0 Å². The maximum atomic E-state index is 12.1. The summed E-state index contributed by atoms with van der Waals surface area (Å²) >= 11 is 0. The highest BCUT2D eigenvalue weighted by molar-refractivity contribution is 5.96. The zero-order valence-electron chi connectivity index (χ0n) is 25.7. The standard InChI is InChI=1S/C34H34N4O8/c1-16-10-19-11-25-17(2)20(4-7-31(39)40)28(36-25)15-30-23(12-34(45)46)22(6-9-33(43)44)29(38-30)14-27-21(5-8-32(41)42)18(3)26(37-27)13-24(16)35-19/h10-11,13-15,35,38H,4-9,12H2,1-3H3,(H,39,40)(H,41,42)(H,43,44)(H,45,46). The molecule has 6 N–H and O–H groups in total. The Balaban J connectivity index is 1.92. The molecule has 0 amide bonds. The highest BCUT2D eigenvalue weighted by Gasteiger charge is 2.22. The van der Waals surface area contributed by atoms with Crippen molar-refractivity contribution < 1.29 is 39.6 Å². The molecule has 0 atom stereocenters. The molecule has 0 unspecified atom stereocenters. The SMILES string of the molecule is CC1=C(CCC(=O)O)c2cc3[nH]c(cc4nc(cc5cc(C)c(cc1n2)[nH]5)C(C)=C4CCC(=O)O)c(CC(=O)O)c3CCC(=O)O. The topological polar surface area (TPSA) is 207 Å². The Kier molecular flexibility index (Phi) is 8.90. The largest absolute Gasteiger partial charge is 0.481 e. The monoisotopic (exact) mass is 626 g/mol. The van der Waals surface area contributed by atoms with Crippen LogP contribution in [0.2, 0.25) is 0 Å². The molecule has 12 heteroatoms. The zero-order chi connectivity index (χ0) is 33.3. The molecular weight excluding hydrogens is 592 g/mol. The molecule has 0 aromatic carbocycles. The predicted octanol–water partition coefficient (Wildman–Crippen LogP) is 5.86. The Hall–Kier alpha value is -5.52. The van der Waals surface area contributed by atoms with Crippen molar-refractivity contribution >= 4 is 68.2 Å². The lowest BCUT2D eigenvalue weighted by Gasteiger charge is -2.04. The van der Waals surface area contributed by atoms with Gasteiger partial charge in [0.15, 0.2) is 0 Å². The first-order valence-corrected chi connectivity index (χ1v) is 14.8. The maximum absolute atomic E-state index is 12.1. The molecule has 0 fully saturated rings. The third kappa shape index (κ3) is 6.75. The number of rotatable bonds is 11. The third-order valence-electron chi connectivity index (χ3n) is 8.36. The van der Waals surface area contributed by atoms with Crippen LogP contribution in [0.5, 0.6) is 0 Å². The van der Waals surface area contributed by atoms with Crippen molar-refractivity contribution in [2.75, 3.05) is 0 Å². The van der Waals surface area contributed by atoms with Crippen LogP contribution in [0.4, 0.5) is 0 Å². The van der Waals surface area contributed by atoms with Gasteiger partial charge in [-0.15, -0.1) is 0 Å². The van der Waals surface area contributed by atoms with Crippen molar-refractivity contribution in [1.82, 2.24) is 19.9 Å². The van der Waals surface area contributed by atoms with E-state index in [2.05, 4.69) is 9.97 Å². The van der Waals surface area contributed by atoms with Gasteiger partial charge in [-0.25, -0.2) is 9.97 Å². The van der Waals surface area contributed by atoms with Gasteiger partial charge in [0.1, 0.15) is 0 Å². The van der Waals surface area contributed by atoms with E-state index in [4.69, 9.17) is 9.97 Å². The van der Waals surface area contributed by atoms with Crippen LogP contribution in [0, 0.1) is 6.92 Å². The number of aryl methyl sites for hydroxylation is 2. The number of nitrogens with zero attached hydrogens (tertiary/aromatic N) is 2. The number of H-pyrrole nitrogens is 2. The molecule has 46 heavy (non-hydrogen) atoms. The normalized spacial score (nSPS) is 12.9. The molecule has 0 radical (unpaired) electrons. The lowest BCUT2D eigenvalue weighted by atomic mass is 9.99. The van der Waals surface area contributed by atoms with Crippen LogP contribution in [-0.4, -0.2) is 64.2 Å². The number of aliphatic carboxylic acids is 4. The molecule has 5 heterocycles. The Morgan fingerprint density at radius 2 is 1.04 bits per heavy atom. The van der Waals surface area contributed by atoms with E-state index in [1.807, 2.05) is 39.0 Å². The second-order valence-electron chi connectivity index (χ2n) is 11.5. The third-order valence-corrected chi connectivity index (χ3v) is 8.36. The maximum Gasteiger partial charge on any atom is 0.307 e. The van der Waals surface area contributed by atoms with E-state index in [-0.39, 0.29) is 38.5 Å². The minimum atomic E-state index is -1.12. The Labute approximate surface area is 263 Å². The number of allylic oxidation sites excluding steroid dienone is 4. The number of hydrogen-bond donors (Lipinski definition) is 6. The van der Waals surface area contributed by atoms with Gasteiger partial charge in [-0.3, -0.25) is 19.2 Å². The number of fused-ring (bicyclic) bond motifs is 8. The second kappa shape index (κ2) is 12.8. The number of nitrogens with one attached hydrogen (secondary N) is 2. The molecule has 0 spiro atoms. The highest BCUT2D eigenvalue weighted by Crippen LogP contribution is 2.37. The molecule has 2 aliphatic rings. The summed E-state index contributed by atoms with van der Waals surface area (Å²) < 4.78 is 0. The van der Waals surface area contributed by atoms with E-state index < -0.39 is 30.3 Å². The van der Waals surface area contributed by atoms with Crippen molar-refractivity contribution in [3.8, 4) is 0 Å². The number of aromatic amines is 2. The summed E-state index contributed by atoms with van der Waals surface area (Å²) in [6, 6.07) is 9.12. The summed E-state index contributed by atoms with van der Waals surface area (Å²) in [5.41, 5.74) is 9.46. The van der Waals surface area contributed by atoms with Gasteiger partial charge in [-0.2, -0.15) is 0 Å². The Morgan fingerprint density at radius 1 is 0.565 bits per heavy atom. The first-order chi connectivity index (χ1) is 21.8. The van der Waals surface area contributed by atoms with Crippen molar-refractivity contribution in [3.63, 3.8) is 0 Å². The molecule has 3 aromatic heterocycles. The van der Waals surface area contributed by atoms with Crippen molar-refractivity contribution in [3.05, 3.63) is 69.8 Å². The summed E-state index contributed by atoms with van der Waals surface area (Å²) in [6.45, 7) is 5.69. The molecule has 5 rings (SSSR count). The van der Waals surface area contributed by atoms with Gasteiger partial charge in [0, 0.05) is 41.3 Å². The summed E-state index contributed by atoms with van der Waals surface area (Å²) in [5.74, 6) is -4.10. The summed E-state index contributed by atoms with van der Waals surface area (Å²) in [5, 5.41) is 38.3. The highest BCUT2D eigenvalue weighted by atomic mass is 16.4. The van der Waals surface area contributed by atoms with Gasteiger partial charge < -0.3 is 30.4 Å². The van der Waals surface area contributed by atoms with Crippen LogP contribution in [0.15, 0.2) is 30.3 Å². The van der Waals surface area contributed by atoms with Gasteiger partial charge in [-0.05, 0) is 109 Å². The molecule has 238 valence electrons. The van der Waals surface area contributed by atoms with Crippen LogP contribution in [0.25, 0.3) is 44.4 Å². The molecule has 0 aliphatic carbocycles. The fraction of sp³-hybridized carbons (Fsp3) is 0.294. The number of carboxylic acids is 4. The van der Waals surface area contributed by atoms with Gasteiger partial charge in [-0.1, -0.05) is 0 Å². The van der Waals surface area contributed by atoms with E-state index in [0.717, 1.165) is 27.7 Å². The summed E-state index contributed by atoms with van der Waals surface area (Å²) in [7, 11) is 0. The molecule has 2 aliphatic heterocycles. The average Bonchev–Trinajstić information content (AvgIpc) is 3.64. The molecule has 0 saturated heterocycles. The first-order valence-electron chi connectivity index (χ1n) is 14.8. The van der Waals surface area contributed by atoms with Crippen molar-refractivity contribution in [1.29, 1.82) is 0 Å². The van der Waals surface area contributed by atoms with Crippen LogP contribution >= 0.6 is 0 Å². The Morgan fingerprint density at radius 3 is 1.57 bits per heavy atom. The number of hydrogen-bond acceptors (Lipinski definition) is 6. The zero-order valence-corrected chi connectivity index (χ0v) is 25.7. The molecule has 8 bridgehead atoms. The minimum Gasteiger partial charge on any atom is -0.481 e. The second-order valence-corrected chi connectivity index (χ2v) is 11.5. The van der Waals surface area contributed by atoms with E-state index in [0.29, 0.717) is 56.1 Å². The average molecular weight is 627 g/mol. The summed E-state index contributed by atoms with van der Waals surface area (Å²) in [6.07, 6.45) is -0.495. The Bertz CT molecular complexity index is 2030.